The van der Waals surface area contributed by atoms with Crippen LogP contribution in [0, 0.1) is 6.92 Å². The first kappa shape index (κ1) is 15.4. The maximum absolute atomic E-state index is 11.7. The number of carboxylic acid groups (broad SMARTS) is 1. The number of halogens is 3. The molecule has 2 aromatic rings. The van der Waals surface area contributed by atoms with Gasteiger partial charge in [-0.25, -0.2) is 9.48 Å². The quantitative estimate of drug-likeness (QED) is 0.735. The molecule has 0 bridgehead atoms. The lowest BCUT2D eigenvalue weighted by Crippen LogP contribution is -2.23. The second kappa shape index (κ2) is 5.79. The molecule has 0 saturated heterocycles. The summed E-state index contributed by atoms with van der Waals surface area (Å²) in [5, 5.41) is 12.9. The van der Waals surface area contributed by atoms with E-state index in [1.165, 1.54) is 10.9 Å². The van der Waals surface area contributed by atoms with Crippen LogP contribution in [-0.4, -0.2) is 20.9 Å². The fourth-order valence-corrected chi connectivity index (χ4v) is 4.24. The Hall–Kier alpha value is -0.990. The topological polar surface area (TPSA) is 72.2 Å². The van der Waals surface area contributed by atoms with Crippen molar-refractivity contribution in [3.05, 3.63) is 53.2 Å². The first-order chi connectivity index (χ1) is 9.31. The minimum Gasteiger partial charge on any atom is -0.476 e. The number of hydrogen-bond acceptors (Lipinski definition) is 3. The zero-order valence-electron chi connectivity index (χ0n) is 10.0. The summed E-state index contributed by atoms with van der Waals surface area (Å²) >= 11 is 10.1. The average Bonchev–Trinajstić information content (AvgIpc) is 2.31. The molecule has 0 radical (unpaired) electrons. The van der Waals surface area contributed by atoms with Crippen LogP contribution >= 0.6 is 47.8 Å². The summed E-state index contributed by atoms with van der Waals surface area (Å²) < 4.78 is 3.60. The van der Waals surface area contributed by atoms with Gasteiger partial charge >= 0.3 is 5.97 Å². The predicted octanol–water partition coefficient (Wildman–Crippen LogP) is 3.53. The largest absolute Gasteiger partial charge is 0.476 e. The summed E-state index contributed by atoms with van der Waals surface area (Å²) in [6.07, 6.45) is 1.49. The van der Waals surface area contributed by atoms with Crippen molar-refractivity contribution in [2.24, 2.45) is 0 Å². The first-order valence-corrected chi connectivity index (χ1v) is 7.68. The average molecular weight is 467 g/mol. The molecule has 0 saturated carbocycles. The number of aromatic nitrogens is 2. The van der Waals surface area contributed by atoms with Gasteiger partial charge in [-0.1, -0.05) is 15.9 Å². The molecule has 0 aliphatic rings. The number of carboxylic acids is 1. The molecule has 20 heavy (non-hydrogen) atoms. The number of benzene rings is 1. The van der Waals surface area contributed by atoms with E-state index in [0.717, 1.165) is 4.47 Å². The molecular weight excluding hydrogens is 460 g/mol. The van der Waals surface area contributed by atoms with Crippen molar-refractivity contribution in [3.8, 4) is 5.69 Å². The lowest BCUT2D eigenvalue weighted by Gasteiger charge is -2.12. The minimum atomic E-state index is -1.35. The lowest BCUT2D eigenvalue weighted by molar-refractivity contribution is 0.0686. The Morgan fingerprint density at radius 2 is 1.80 bits per heavy atom. The molecule has 0 unspecified atom stereocenters. The fourth-order valence-electron chi connectivity index (χ4n) is 1.62. The molecule has 104 valence electrons. The normalized spacial score (nSPS) is 10.6. The fraction of sp³-hybridized carbons (Fsp3) is 0.0833. The van der Waals surface area contributed by atoms with E-state index in [0.29, 0.717) is 20.2 Å². The number of nitrogens with zero attached hydrogens (tertiary/aromatic N) is 2. The Balaban J connectivity index is 2.78. The smallest absolute Gasteiger partial charge is 0.360 e. The highest BCUT2D eigenvalue weighted by Crippen LogP contribution is 2.32. The van der Waals surface area contributed by atoms with E-state index in [4.69, 9.17) is 5.11 Å². The molecule has 1 aromatic heterocycles. The van der Waals surface area contributed by atoms with Crippen LogP contribution in [0.1, 0.15) is 16.1 Å². The number of aromatic carboxylic acids is 1. The molecule has 0 spiro atoms. The van der Waals surface area contributed by atoms with Gasteiger partial charge in [0.25, 0.3) is 0 Å². The van der Waals surface area contributed by atoms with Gasteiger partial charge in [-0.2, -0.15) is 5.10 Å². The van der Waals surface area contributed by atoms with Gasteiger partial charge in [-0.05, 0) is 50.9 Å². The first-order valence-electron chi connectivity index (χ1n) is 5.30. The van der Waals surface area contributed by atoms with E-state index in [1.54, 1.807) is 19.1 Å². The maximum Gasteiger partial charge on any atom is 0.360 e. The van der Waals surface area contributed by atoms with Gasteiger partial charge in [0.15, 0.2) is 0 Å². The predicted molar refractivity (Wildman–Crippen MR) is 84.6 cm³/mol. The molecule has 0 amide bonds. The minimum absolute atomic E-state index is 0.305. The van der Waals surface area contributed by atoms with Crippen molar-refractivity contribution in [2.75, 3.05) is 0 Å². The van der Waals surface area contributed by atoms with E-state index in [-0.39, 0.29) is 0 Å². The van der Waals surface area contributed by atoms with Crippen LogP contribution < -0.4 is 5.43 Å². The molecule has 0 fully saturated rings. The van der Waals surface area contributed by atoms with E-state index < -0.39 is 17.1 Å². The summed E-state index contributed by atoms with van der Waals surface area (Å²) in [6.45, 7) is 1.55. The van der Waals surface area contributed by atoms with Crippen molar-refractivity contribution in [1.29, 1.82) is 0 Å². The summed E-state index contributed by atoms with van der Waals surface area (Å²) in [5.74, 6) is -1.35. The van der Waals surface area contributed by atoms with E-state index in [9.17, 15) is 9.59 Å². The number of aryl methyl sites for hydroxylation is 1. The van der Waals surface area contributed by atoms with E-state index in [2.05, 4.69) is 52.9 Å². The summed E-state index contributed by atoms with van der Waals surface area (Å²) in [5.41, 5.74) is -0.178. The molecule has 0 aliphatic heterocycles. The van der Waals surface area contributed by atoms with Gasteiger partial charge in [0.2, 0.25) is 11.1 Å². The van der Waals surface area contributed by atoms with E-state index in [1.807, 2.05) is 0 Å². The number of carbonyl (C=O) groups is 1. The third-order valence-corrected chi connectivity index (χ3v) is 4.18. The molecule has 1 heterocycles. The van der Waals surface area contributed by atoms with Crippen molar-refractivity contribution >= 4 is 53.8 Å². The van der Waals surface area contributed by atoms with Crippen LogP contribution in [0.25, 0.3) is 5.69 Å². The van der Waals surface area contributed by atoms with Crippen LogP contribution in [0.3, 0.4) is 0 Å². The zero-order chi connectivity index (χ0) is 15.0. The standard InChI is InChI=1S/C12H7Br3N2O3/c1-5-4-17(16-9(11(5)18)12(19)20)10-7(14)2-6(13)3-8(10)15/h2-4H,1H3,(H,19,20). The third-order valence-electron chi connectivity index (χ3n) is 2.51. The molecule has 0 aliphatic carbocycles. The third kappa shape index (κ3) is 2.87. The van der Waals surface area contributed by atoms with Gasteiger partial charge in [0, 0.05) is 25.2 Å². The molecule has 2 rings (SSSR count). The second-order valence-electron chi connectivity index (χ2n) is 3.96. The van der Waals surface area contributed by atoms with Crippen LogP contribution in [0.2, 0.25) is 0 Å². The molecular formula is C12H7Br3N2O3. The number of rotatable bonds is 2. The van der Waals surface area contributed by atoms with Gasteiger partial charge in [0.05, 0.1) is 5.69 Å². The Kier molecular flexibility index (Phi) is 4.46. The number of hydrogen-bond donors (Lipinski definition) is 1. The van der Waals surface area contributed by atoms with Crippen molar-refractivity contribution in [1.82, 2.24) is 9.78 Å². The monoisotopic (exact) mass is 464 g/mol. The van der Waals surface area contributed by atoms with Crippen LogP contribution in [0.4, 0.5) is 0 Å². The van der Waals surface area contributed by atoms with Crippen LogP contribution in [-0.2, 0) is 0 Å². The van der Waals surface area contributed by atoms with Crippen molar-refractivity contribution < 1.29 is 9.90 Å². The molecule has 1 aromatic carbocycles. The van der Waals surface area contributed by atoms with Crippen LogP contribution in [0.5, 0.6) is 0 Å². The van der Waals surface area contributed by atoms with Crippen molar-refractivity contribution in [3.63, 3.8) is 0 Å². The Morgan fingerprint density at radius 1 is 1.25 bits per heavy atom. The second-order valence-corrected chi connectivity index (χ2v) is 6.58. The molecule has 0 atom stereocenters. The van der Waals surface area contributed by atoms with Gasteiger partial charge in [-0.3, -0.25) is 4.79 Å². The van der Waals surface area contributed by atoms with Gasteiger partial charge in [-0.15, -0.1) is 0 Å². The van der Waals surface area contributed by atoms with Gasteiger partial charge in [0.1, 0.15) is 0 Å². The summed E-state index contributed by atoms with van der Waals surface area (Å²) in [6, 6.07) is 3.60. The Morgan fingerprint density at radius 3 is 2.30 bits per heavy atom. The van der Waals surface area contributed by atoms with E-state index >= 15 is 0 Å². The molecule has 1 N–H and O–H groups in total. The van der Waals surface area contributed by atoms with Gasteiger partial charge < -0.3 is 5.11 Å². The highest BCUT2D eigenvalue weighted by Gasteiger charge is 2.17. The highest BCUT2D eigenvalue weighted by molar-refractivity contribution is 9.11. The summed E-state index contributed by atoms with van der Waals surface area (Å²) in [7, 11) is 0. The Labute approximate surface area is 139 Å². The maximum atomic E-state index is 11.7. The molecule has 8 heteroatoms. The van der Waals surface area contributed by atoms with Crippen molar-refractivity contribution in [2.45, 2.75) is 6.92 Å². The molecule has 5 nitrogen and oxygen atoms in total. The van der Waals surface area contributed by atoms with Crippen LogP contribution in [0.15, 0.2) is 36.5 Å². The highest BCUT2D eigenvalue weighted by atomic mass is 79.9. The SMILES string of the molecule is Cc1cn(-c2c(Br)cc(Br)cc2Br)nc(C(=O)O)c1=O. The summed E-state index contributed by atoms with van der Waals surface area (Å²) in [4.78, 5) is 22.8. The lowest BCUT2D eigenvalue weighted by atomic mass is 10.2. The Bertz CT molecular complexity index is 748. The zero-order valence-corrected chi connectivity index (χ0v) is 14.8.